The Bertz CT molecular complexity index is 521. The van der Waals surface area contributed by atoms with Gasteiger partial charge in [-0.1, -0.05) is 6.07 Å². The van der Waals surface area contributed by atoms with Crippen LogP contribution in [0.3, 0.4) is 0 Å². The summed E-state index contributed by atoms with van der Waals surface area (Å²) < 4.78 is 0. The summed E-state index contributed by atoms with van der Waals surface area (Å²) in [5.41, 5.74) is 0.934. The second kappa shape index (κ2) is 6.87. The van der Waals surface area contributed by atoms with Crippen LogP contribution in [0.2, 0.25) is 0 Å². The quantitative estimate of drug-likeness (QED) is 0.637. The van der Waals surface area contributed by atoms with E-state index in [1.165, 1.54) is 6.07 Å². The van der Waals surface area contributed by atoms with E-state index in [0.717, 1.165) is 0 Å². The highest BCUT2D eigenvalue weighted by Crippen LogP contribution is 2.32. The summed E-state index contributed by atoms with van der Waals surface area (Å²) in [7, 11) is 0. The molecule has 108 valence electrons. The highest BCUT2D eigenvalue weighted by Gasteiger charge is 2.22. The van der Waals surface area contributed by atoms with Crippen LogP contribution in [0.15, 0.2) is 18.2 Å². The van der Waals surface area contributed by atoms with E-state index < -0.39 is 11.0 Å². The van der Waals surface area contributed by atoms with Crippen molar-refractivity contribution in [2.75, 3.05) is 11.4 Å². The molecule has 0 saturated carbocycles. The summed E-state index contributed by atoms with van der Waals surface area (Å²) in [5, 5.41) is 29.5. The molecular weight excluding hydrogens is 258 g/mol. The topological polar surface area (TPSA) is 90.4 Å². The van der Waals surface area contributed by atoms with Crippen LogP contribution in [0.1, 0.15) is 38.9 Å². The Kier molecular flexibility index (Phi) is 5.47. The van der Waals surface area contributed by atoms with E-state index in [1.807, 2.05) is 24.8 Å². The number of hydrogen-bond donors (Lipinski definition) is 1. The summed E-state index contributed by atoms with van der Waals surface area (Å²) >= 11 is 0. The van der Waals surface area contributed by atoms with Crippen LogP contribution >= 0.6 is 0 Å². The summed E-state index contributed by atoms with van der Waals surface area (Å²) in [6.45, 7) is 5.84. The molecule has 6 nitrogen and oxygen atoms in total. The van der Waals surface area contributed by atoms with Gasteiger partial charge in [-0.2, -0.15) is 5.26 Å². The Hall–Kier alpha value is -2.13. The van der Waals surface area contributed by atoms with Crippen LogP contribution in [0.25, 0.3) is 0 Å². The van der Waals surface area contributed by atoms with E-state index in [-0.39, 0.29) is 11.7 Å². The van der Waals surface area contributed by atoms with Gasteiger partial charge >= 0.3 is 0 Å². The molecule has 0 amide bonds. The molecule has 1 atom stereocenters. The Morgan fingerprint density at radius 2 is 2.10 bits per heavy atom. The first-order chi connectivity index (χ1) is 9.38. The van der Waals surface area contributed by atoms with Crippen molar-refractivity contribution in [3.63, 3.8) is 0 Å². The van der Waals surface area contributed by atoms with E-state index in [0.29, 0.717) is 24.2 Å². The van der Waals surface area contributed by atoms with Crippen molar-refractivity contribution < 1.29 is 10.0 Å². The molecule has 0 saturated heterocycles. The molecule has 0 unspecified atom stereocenters. The molecule has 1 aromatic carbocycles. The highest BCUT2D eigenvalue weighted by atomic mass is 16.6. The highest BCUT2D eigenvalue weighted by molar-refractivity contribution is 5.65. The van der Waals surface area contributed by atoms with Crippen molar-refractivity contribution in [1.29, 1.82) is 5.26 Å². The van der Waals surface area contributed by atoms with Crippen molar-refractivity contribution in [3.05, 3.63) is 33.9 Å². The standard InChI is InChI=1S/C14H19N3O3/c1-10(2)16(8-4-7-15)13-6-5-12(11(3)18)9-14(13)17(19)20/h5-6,9-11,18H,4,8H2,1-3H3/t11-/m0/s1. The molecular formula is C14H19N3O3. The van der Waals surface area contributed by atoms with Crippen LogP contribution in [0.4, 0.5) is 11.4 Å². The fourth-order valence-corrected chi connectivity index (χ4v) is 2.02. The Morgan fingerprint density at radius 1 is 1.45 bits per heavy atom. The minimum Gasteiger partial charge on any atom is -0.389 e. The van der Waals surface area contributed by atoms with Gasteiger partial charge in [-0.15, -0.1) is 0 Å². The second-order valence-corrected chi connectivity index (χ2v) is 4.88. The van der Waals surface area contributed by atoms with E-state index in [9.17, 15) is 15.2 Å². The van der Waals surface area contributed by atoms with Crippen molar-refractivity contribution in [2.45, 2.75) is 39.3 Å². The molecule has 0 aliphatic heterocycles. The van der Waals surface area contributed by atoms with E-state index in [1.54, 1.807) is 19.1 Å². The lowest BCUT2D eigenvalue weighted by atomic mass is 10.1. The van der Waals surface area contributed by atoms with Crippen LogP contribution in [-0.4, -0.2) is 22.6 Å². The second-order valence-electron chi connectivity index (χ2n) is 4.88. The lowest BCUT2D eigenvalue weighted by Gasteiger charge is -2.28. The number of nitro groups is 1. The molecule has 0 heterocycles. The third-order valence-electron chi connectivity index (χ3n) is 3.08. The zero-order chi connectivity index (χ0) is 15.3. The van der Waals surface area contributed by atoms with Crippen LogP contribution in [0.5, 0.6) is 0 Å². The van der Waals surface area contributed by atoms with Crippen molar-refractivity contribution in [1.82, 2.24) is 0 Å². The molecule has 0 aliphatic rings. The van der Waals surface area contributed by atoms with Crippen molar-refractivity contribution in [3.8, 4) is 6.07 Å². The molecule has 1 rings (SSSR count). The average Bonchev–Trinajstić information content (AvgIpc) is 2.38. The summed E-state index contributed by atoms with van der Waals surface area (Å²) in [5.74, 6) is 0. The fraction of sp³-hybridized carbons (Fsp3) is 0.500. The van der Waals surface area contributed by atoms with Crippen molar-refractivity contribution in [2.24, 2.45) is 0 Å². The summed E-state index contributed by atoms with van der Waals surface area (Å²) in [4.78, 5) is 12.6. The summed E-state index contributed by atoms with van der Waals surface area (Å²) in [6.07, 6.45) is -0.456. The molecule has 0 spiro atoms. The number of nitriles is 1. The number of hydrogen-bond acceptors (Lipinski definition) is 5. The predicted molar refractivity (Wildman–Crippen MR) is 76.4 cm³/mol. The number of nitro benzene ring substituents is 1. The predicted octanol–water partition coefficient (Wildman–Crippen LogP) is 2.78. The van der Waals surface area contributed by atoms with E-state index >= 15 is 0 Å². The number of benzene rings is 1. The minimum atomic E-state index is -0.755. The number of aliphatic hydroxyl groups excluding tert-OH is 1. The van der Waals surface area contributed by atoms with Crippen LogP contribution in [-0.2, 0) is 0 Å². The van der Waals surface area contributed by atoms with Gasteiger partial charge in [-0.3, -0.25) is 10.1 Å². The fourth-order valence-electron chi connectivity index (χ4n) is 2.02. The molecule has 0 radical (unpaired) electrons. The SMILES string of the molecule is CC(C)N(CCC#N)c1ccc([C@H](C)O)cc1[N+](=O)[O-]. The van der Waals surface area contributed by atoms with Gasteiger partial charge in [0.05, 0.1) is 23.5 Å². The number of aliphatic hydroxyl groups is 1. The van der Waals surface area contributed by atoms with Crippen LogP contribution < -0.4 is 4.90 Å². The van der Waals surface area contributed by atoms with E-state index in [4.69, 9.17) is 5.26 Å². The zero-order valence-electron chi connectivity index (χ0n) is 11.9. The normalized spacial score (nSPS) is 12.0. The van der Waals surface area contributed by atoms with Gasteiger partial charge in [-0.05, 0) is 32.4 Å². The smallest absolute Gasteiger partial charge is 0.292 e. The number of rotatable bonds is 6. The monoisotopic (exact) mass is 277 g/mol. The third-order valence-corrected chi connectivity index (χ3v) is 3.08. The largest absolute Gasteiger partial charge is 0.389 e. The molecule has 20 heavy (non-hydrogen) atoms. The average molecular weight is 277 g/mol. The maximum absolute atomic E-state index is 11.2. The molecule has 1 aromatic rings. The molecule has 1 N–H and O–H groups in total. The van der Waals surface area contributed by atoms with Gasteiger partial charge in [0.15, 0.2) is 0 Å². The number of nitrogens with zero attached hydrogens (tertiary/aromatic N) is 3. The van der Waals surface area contributed by atoms with Crippen LogP contribution in [0, 0.1) is 21.4 Å². The summed E-state index contributed by atoms with van der Waals surface area (Å²) in [6, 6.07) is 6.79. The first-order valence-corrected chi connectivity index (χ1v) is 6.48. The molecule has 0 fully saturated rings. The maximum Gasteiger partial charge on any atom is 0.292 e. The third kappa shape index (κ3) is 3.68. The van der Waals surface area contributed by atoms with Gasteiger partial charge in [0, 0.05) is 18.7 Å². The lowest BCUT2D eigenvalue weighted by Crippen LogP contribution is -2.32. The first kappa shape index (κ1) is 15.9. The molecule has 0 bridgehead atoms. The van der Waals surface area contributed by atoms with Gasteiger partial charge in [-0.25, -0.2) is 0 Å². The van der Waals surface area contributed by atoms with Gasteiger partial charge < -0.3 is 10.0 Å². The molecule has 0 aromatic heterocycles. The Morgan fingerprint density at radius 3 is 2.55 bits per heavy atom. The molecule has 6 heteroatoms. The minimum absolute atomic E-state index is 0.0412. The maximum atomic E-state index is 11.2. The zero-order valence-corrected chi connectivity index (χ0v) is 11.9. The lowest BCUT2D eigenvalue weighted by molar-refractivity contribution is -0.384. The van der Waals surface area contributed by atoms with Gasteiger partial charge in [0.25, 0.3) is 5.69 Å². The number of anilines is 1. The Labute approximate surface area is 118 Å². The van der Waals surface area contributed by atoms with Gasteiger partial charge in [0.2, 0.25) is 0 Å². The first-order valence-electron chi connectivity index (χ1n) is 6.48. The molecule has 0 aliphatic carbocycles. The Balaban J connectivity index is 3.27. The van der Waals surface area contributed by atoms with Gasteiger partial charge in [0.1, 0.15) is 5.69 Å². The van der Waals surface area contributed by atoms with Crippen molar-refractivity contribution >= 4 is 11.4 Å². The van der Waals surface area contributed by atoms with E-state index in [2.05, 4.69) is 0 Å².